The van der Waals surface area contributed by atoms with Gasteiger partial charge in [0.25, 0.3) is 5.91 Å². The second kappa shape index (κ2) is 7.64. The zero-order chi connectivity index (χ0) is 17.9. The monoisotopic (exact) mass is 362 g/mol. The van der Waals surface area contributed by atoms with Crippen molar-refractivity contribution >= 4 is 17.2 Å². The van der Waals surface area contributed by atoms with E-state index in [2.05, 4.69) is 24.1 Å². The molecule has 1 fully saturated rings. The van der Waals surface area contributed by atoms with E-state index in [1.54, 1.807) is 12.1 Å². The lowest BCUT2D eigenvalue weighted by atomic mass is 10.0. The number of rotatable bonds is 5. The van der Waals surface area contributed by atoms with Gasteiger partial charge in [0, 0.05) is 30.1 Å². The Morgan fingerprint density at radius 1 is 1.20 bits per heavy atom. The molecule has 0 unspecified atom stereocenters. The van der Waals surface area contributed by atoms with Crippen molar-refractivity contribution in [3.05, 3.63) is 47.1 Å². The largest absolute Gasteiger partial charge is 0.379 e. The highest BCUT2D eigenvalue weighted by Gasteiger charge is 2.28. The Kier molecular flexibility index (Phi) is 5.51. The quantitative estimate of drug-likeness (QED) is 0.886. The smallest absolute Gasteiger partial charge is 0.261 e. The van der Waals surface area contributed by atoms with Crippen LogP contribution in [-0.2, 0) is 4.74 Å². The Hall–Kier alpha value is -1.76. The number of benzene rings is 1. The number of nitrogens with one attached hydrogen (secondary N) is 1. The van der Waals surface area contributed by atoms with Crippen LogP contribution in [0.2, 0.25) is 0 Å². The molecule has 0 saturated carbocycles. The van der Waals surface area contributed by atoms with E-state index in [4.69, 9.17) is 4.74 Å². The van der Waals surface area contributed by atoms with Crippen molar-refractivity contribution < 1.29 is 13.9 Å². The number of hydrogen-bond acceptors (Lipinski definition) is 4. The molecule has 2 aromatic rings. The van der Waals surface area contributed by atoms with Gasteiger partial charge in [-0.2, -0.15) is 0 Å². The van der Waals surface area contributed by atoms with Crippen LogP contribution < -0.4 is 5.32 Å². The number of hydrogen-bond donors (Lipinski definition) is 1. The molecule has 0 radical (unpaired) electrons. The second-order valence-corrected chi connectivity index (χ2v) is 7.85. The molecule has 1 aliphatic heterocycles. The summed E-state index contributed by atoms with van der Waals surface area (Å²) in [5.41, 5.74) is 0.801. The first kappa shape index (κ1) is 18.0. The third kappa shape index (κ3) is 4.45. The van der Waals surface area contributed by atoms with Crippen LogP contribution >= 0.6 is 11.3 Å². The Balaban J connectivity index is 1.61. The Labute approximate surface area is 151 Å². The molecule has 25 heavy (non-hydrogen) atoms. The number of thiophene rings is 1. The lowest BCUT2D eigenvalue weighted by Gasteiger charge is -2.40. The lowest BCUT2D eigenvalue weighted by Crippen LogP contribution is -2.55. The van der Waals surface area contributed by atoms with Crippen LogP contribution in [0.1, 0.15) is 23.5 Å². The molecule has 1 aromatic carbocycles. The molecule has 4 nitrogen and oxygen atoms in total. The van der Waals surface area contributed by atoms with E-state index in [-0.39, 0.29) is 17.3 Å². The van der Waals surface area contributed by atoms with Crippen molar-refractivity contribution in [3.8, 4) is 10.4 Å². The summed E-state index contributed by atoms with van der Waals surface area (Å²) in [5, 5.41) is 3.04. The predicted molar refractivity (Wildman–Crippen MR) is 98.5 cm³/mol. The van der Waals surface area contributed by atoms with Gasteiger partial charge in [0.15, 0.2) is 0 Å². The topological polar surface area (TPSA) is 41.6 Å². The fourth-order valence-corrected chi connectivity index (χ4v) is 3.82. The predicted octanol–water partition coefficient (Wildman–Crippen LogP) is 3.39. The minimum atomic E-state index is -0.261. The second-order valence-electron chi connectivity index (χ2n) is 6.77. The molecular formula is C19H23FN2O2S. The maximum atomic E-state index is 13.0. The zero-order valence-electron chi connectivity index (χ0n) is 14.5. The molecule has 6 heteroatoms. The van der Waals surface area contributed by atoms with Crippen molar-refractivity contribution in [2.45, 2.75) is 19.4 Å². The van der Waals surface area contributed by atoms with Crippen LogP contribution in [0.5, 0.6) is 0 Å². The first-order chi connectivity index (χ1) is 12.0. The van der Waals surface area contributed by atoms with Crippen LogP contribution in [0, 0.1) is 5.82 Å². The number of ether oxygens (including phenoxy) is 1. The first-order valence-electron chi connectivity index (χ1n) is 8.42. The molecule has 0 bridgehead atoms. The molecule has 3 rings (SSSR count). The van der Waals surface area contributed by atoms with E-state index in [0.717, 1.165) is 36.7 Å². The minimum absolute atomic E-state index is 0.0697. The normalized spacial score (nSPS) is 16.0. The van der Waals surface area contributed by atoms with E-state index in [0.29, 0.717) is 11.4 Å². The van der Waals surface area contributed by atoms with Crippen molar-refractivity contribution in [2.24, 2.45) is 0 Å². The van der Waals surface area contributed by atoms with Crippen molar-refractivity contribution in [3.63, 3.8) is 0 Å². The summed E-state index contributed by atoms with van der Waals surface area (Å²) in [6, 6.07) is 10.0. The summed E-state index contributed by atoms with van der Waals surface area (Å²) in [6.07, 6.45) is 0. The highest BCUT2D eigenvalue weighted by atomic mass is 32.1. The molecule has 2 heterocycles. The third-order valence-electron chi connectivity index (χ3n) is 4.51. The number of morpholine rings is 1. The molecule has 0 aliphatic carbocycles. The van der Waals surface area contributed by atoms with Crippen LogP contribution in [0.25, 0.3) is 10.4 Å². The van der Waals surface area contributed by atoms with Gasteiger partial charge in [-0.05, 0) is 43.7 Å². The van der Waals surface area contributed by atoms with E-state index in [9.17, 15) is 9.18 Å². The van der Waals surface area contributed by atoms with Gasteiger partial charge in [-0.15, -0.1) is 11.3 Å². The van der Waals surface area contributed by atoms with Gasteiger partial charge < -0.3 is 10.1 Å². The lowest BCUT2D eigenvalue weighted by molar-refractivity contribution is -0.00922. The summed E-state index contributed by atoms with van der Waals surface area (Å²) in [6.45, 7) is 8.10. The Bertz CT molecular complexity index is 721. The summed E-state index contributed by atoms with van der Waals surface area (Å²) < 4.78 is 18.4. The van der Waals surface area contributed by atoms with Gasteiger partial charge in [0.05, 0.1) is 18.1 Å². The number of carbonyl (C=O) groups excluding carboxylic acids is 1. The summed E-state index contributed by atoms with van der Waals surface area (Å²) in [7, 11) is 0. The Morgan fingerprint density at radius 3 is 2.56 bits per heavy atom. The van der Waals surface area contributed by atoms with Crippen molar-refractivity contribution in [1.29, 1.82) is 0 Å². The first-order valence-corrected chi connectivity index (χ1v) is 9.24. The number of nitrogens with zero attached hydrogens (tertiary/aromatic N) is 1. The number of amides is 1. The summed E-state index contributed by atoms with van der Waals surface area (Å²) in [5.74, 6) is -0.330. The number of carbonyl (C=O) groups is 1. The van der Waals surface area contributed by atoms with Gasteiger partial charge in [-0.25, -0.2) is 4.39 Å². The SMILES string of the molecule is CC(C)(CNC(=O)c1ccc(-c2ccc(F)cc2)s1)N1CCOCC1. The Morgan fingerprint density at radius 2 is 1.88 bits per heavy atom. The van der Waals surface area contributed by atoms with Crippen LogP contribution in [0.3, 0.4) is 0 Å². The molecule has 1 N–H and O–H groups in total. The average molecular weight is 362 g/mol. The maximum Gasteiger partial charge on any atom is 0.261 e. The van der Waals surface area contributed by atoms with Gasteiger partial charge in [0.1, 0.15) is 5.82 Å². The molecule has 1 aromatic heterocycles. The molecule has 1 aliphatic rings. The standard InChI is InChI=1S/C19H23FN2O2S/c1-19(2,22-9-11-24-12-10-22)13-21-18(23)17-8-7-16(25-17)14-3-5-15(20)6-4-14/h3-8H,9-13H2,1-2H3,(H,21,23). The average Bonchev–Trinajstić information content (AvgIpc) is 3.11. The van der Waals surface area contributed by atoms with Crippen molar-refractivity contribution in [2.75, 3.05) is 32.8 Å². The fraction of sp³-hybridized carbons (Fsp3) is 0.421. The van der Waals surface area contributed by atoms with Crippen LogP contribution in [0.4, 0.5) is 4.39 Å². The van der Waals surface area contributed by atoms with Gasteiger partial charge in [-0.1, -0.05) is 12.1 Å². The van der Waals surface area contributed by atoms with Crippen LogP contribution in [0.15, 0.2) is 36.4 Å². The van der Waals surface area contributed by atoms with Crippen molar-refractivity contribution in [1.82, 2.24) is 10.2 Å². The molecular weight excluding hydrogens is 339 g/mol. The molecule has 0 atom stereocenters. The van der Waals surface area contributed by atoms with E-state index in [1.165, 1.54) is 23.5 Å². The fourth-order valence-electron chi connectivity index (χ4n) is 2.89. The van der Waals surface area contributed by atoms with Gasteiger partial charge in [0.2, 0.25) is 0 Å². The van der Waals surface area contributed by atoms with E-state index >= 15 is 0 Å². The summed E-state index contributed by atoms with van der Waals surface area (Å²) in [4.78, 5) is 16.4. The maximum absolute atomic E-state index is 13.0. The zero-order valence-corrected chi connectivity index (χ0v) is 15.4. The van der Waals surface area contributed by atoms with E-state index in [1.807, 2.05) is 12.1 Å². The molecule has 1 saturated heterocycles. The highest BCUT2D eigenvalue weighted by molar-refractivity contribution is 7.17. The summed E-state index contributed by atoms with van der Waals surface area (Å²) >= 11 is 1.42. The van der Waals surface area contributed by atoms with Gasteiger partial charge in [-0.3, -0.25) is 9.69 Å². The molecule has 0 spiro atoms. The molecule has 1 amide bonds. The number of halogens is 1. The highest BCUT2D eigenvalue weighted by Crippen LogP contribution is 2.28. The van der Waals surface area contributed by atoms with Gasteiger partial charge >= 0.3 is 0 Å². The van der Waals surface area contributed by atoms with E-state index < -0.39 is 0 Å². The molecule has 134 valence electrons. The minimum Gasteiger partial charge on any atom is -0.379 e. The third-order valence-corrected chi connectivity index (χ3v) is 5.64. The van der Waals surface area contributed by atoms with Crippen LogP contribution in [-0.4, -0.2) is 49.2 Å².